The summed E-state index contributed by atoms with van der Waals surface area (Å²) in [7, 11) is 1.76. The average Bonchev–Trinajstić information content (AvgIpc) is 1.68. The van der Waals surface area contributed by atoms with E-state index in [1.807, 2.05) is 6.92 Å². The molecule has 0 heterocycles. The Morgan fingerprint density at radius 3 is 2.43 bits per heavy atom. The Hall–Kier alpha value is -0.700. The number of hydrogen-bond acceptors (Lipinski definition) is 3. The highest BCUT2D eigenvalue weighted by molar-refractivity contribution is 4.88. The van der Waals surface area contributed by atoms with Gasteiger partial charge in [-0.05, 0) is 13.0 Å². The zero-order valence-corrected chi connectivity index (χ0v) is 4.65. The minimum atomic E-state index is 0.641. The molecule has 0 saturated carbocycles. The third-order valence-corrected chi connectivity index (χ3v) is 0.580. The minimum Gasteiger partial charge on any atom is -0.385 e. The van der Waals surface area contributed by atoms with Crippen molar-refractivity contribution in [3.05, 3.63) is 11.9 Å². The maximum absolute atomic E-state index is 5.27. The van der Waals surface area contributed by atoms with E-state index in [9.17, 15) is 0 Å². The number of hydrazine groups is 1. The molecule has 0 spiro atoms. The number of allylic oxidation sites excluding steroid dienone is 1. The fourth-order valence-electron chi connectivity index (χ4n) is 0.217. The summed E-state index contributed by atoms with van der Waals surface area (Å²) in [6, 6.07) is 0. The molecule has 7 heavy (non-hydrogen) atoms. The molecule has 4 N–H and O–H groups in total. The average molecular weight is 101 g/mol. The molecule has 0 aliphatic heterocycles. The lowest BCUT2D eigenvalue weighted by molar-refractivity contribution is 0.680. The Morgan fingerprint density at radius 2 is 2.29 bits per heavy atom. The standard InChI is InChI=1S/C4H11N3/c1-3-4(5)7-6-2/h3,6-7H,5H2,1-2H3. The van der Waals surface area contributed by atoms with E-state index in [-0.39, 0.29) is 0 Å². The van der Waals surface area contributed by atoms with Crippen molar-refractivity contribution in [2.75, 3.05) is 7.05 Å². The Balaban J connectivity index is 3.17. The van der Waals surface area contributed by atoms with Gasteiger partial charge in [0.05, 0.1) is 0 Å². The van der Waals surface area contributed by atoms with E-state index in [0.717, 1.165) is 0 Å². The third-order valence-electron chi connectivity index (χ3n) is 0.580. The summed E-state index contributed by atoms with van der Waals surface area (Å²) in [4.78, 5) is 0. The first kappa shape index (κ1) is 6.30. The van der Waals surface area contributed by atoms with Crippen LogP contribution in [0.3, 0.4) is 0 Å². The lowest BCUT2D eigenvalue weighted by atomic mass is 10.6. The van der Waals surface area contributed by atoms with Gasteiger partial charge < -0.3 is 11.2 Å². The maximum Gasteiger partial charge on any atom is 0.106 e. The van der Waals surface area contributed by atoms with Gasteiger partial charge in [-0.2, -0.15) is 0 Å². The van der Waals surface area contributed by atoms with Crippen molar-refractivity contribution in [3.8, 4) is 0 Å². The molecule has 0 radical (unpaired) electrons. The van der Waals surface area contributed by atoms with Crippen LogP contribution in [0.15, 0.2) is 11.9 Å². The van der Waals surface area contributed by atoms with E-state index in [1.165, 1.54) is 0 Å². The van der Waals surface area contributed by atoms with Crippen LogP contribution in [-0.2, 0) is 0 Å². The lowest BCUT2D eigenvalue weighted by Crippen LogP contribution is -2.30. The molecule has 0 aromatic rings. The van der Waals surface area contributed by atoms with Crippen molar-refractivity contribution in [2.24, 2.45) is 5.73 Å². The van der Waals surface area contributed by atoms with Crippen LogP contribution in [0, 0.1) is 0 Å². The maximum atomic E-state index is 5.27. The molecule has 0 amide bonds. The molecular weight excluding hydrogens is 90.1 g/mol. The van der Waals surface area contributed by atoms with Gasteiger partial charge in [-0.25, -0.2) is 5.43 Å². The quantitative estimate of drug-likeness (QED) is 0.412. The van der Waals surface area contributed by atoms with Gasteiger partial charge in [0.15, 0.2) is 0 Å². The SMILES string of the molecule is CC=C(N)NNC. The molecule has 0 unspecified atom stereocenters. The Kier molecular flexibility index (Phi) is 3.14. The predicted molar refractivity (Wildman–Crippen MR) is 30.1 cm³/mol. The van der Waals surface area contributed by atoms with Gasteiger partial charge in [-0.15, -0.1) is 0 Å². The molecule has 3 heteroatoms. The highest BCUT2D eigenvalue weighted by Gasteiger charge is 1.74. The molecule has 0 fully saturated rings. The van der Waals surface area contributed by atoms with Gasteiger partial charge in [-0.1, -0.05) is 0 Å². The van der Waals surface area contributed by atoms with E-state index in [4.69, 9.17) is 5.73 Å². The molecule has 0 aliphatic carbocycles. The van der Waals surface area contributed by atoms with E-state index in [0.29, 0.717) is 5.82 Å². The Morgan fingerprint density at radius 1 is 1.71 bits per heavy atom. The summed E-state index contributed by atoms with van der Waals surface area (Å²) in [5, 5.41) is 0. The van der Waals surface area contributed by atoms with E-state index >= 15 is 0 Å². The zero-order chi connectivity index (χ0) is 5.70. The molecule has 0 bridgehead atoms. The number of rotatable bonds is 2. The molecule has 0 atom stereocenters. The molecule has 0 aromatic carbocycles. The van der Waals surface area contributed by atoms with Crippen LogP contribution in [0.5, 0.6) is 0 Å². The summed E-state index contributed by atoms with van der Waals surface area (Å²) in [5.41, 5.74) is 10.6. The second-order valence-corrected chi connectivity index (χ2v) is 1.12. The first-order chi connectivity index (χ1) is 3.31. The fraction of sp³-hybridized carbons (Fsp3) is 0.500. The number of hydrogen-bond donors (Lipinski definition) is 3. The van der Waals surface area contributed by atoms with Crippen molar-refractivity contribution >= 4 is 0 Å². The highest BCUT2D eigenvalue weighted by Crippen LogP contribution is 1.67. The zero-order valence-electron chi connectivity index (χ0n) is 4.65. The third kappa shape index (κ3) is 3.12. The summed E-state index contributed by atoms with van der Waals surface area (Å²) < 4.78 is 0. The van der Waals surface area contributed by atoms with Crippen LogP contribution in [0.1, 0.15) is 6.92 Å². The summed E-state index contributed by atoms with van der Waals surface area (Å²) >= 11 is 0. The minimum absolute atomic E-state index is 0.641. The van der Waals surface area contributed by atoms with Gasteiger partial charge in [0.25, 0.3) is 0 Å². The fourth-order valence-corrected chi connectivity index (χ4v) is 0.217. The molecular formula is C4H11N3. The lowest BCUT2D eigenvalue weighted by Gasteiger charge is -1.99. The van der Waals surface area contributed by atoms with Crippen LogP contribution >= 0.6 is 0 Å². The van der Waals surface area contributed by atoms with Gasteiger partial charge in [0.2, 0.25) is 0 Å². The monoisotopic (exact) mass is 101 g/mol. The van der Waals surface area contributed by atoms with Crippen LogP contribution in [0.2, 0.25) is 0 Å². The Bertz CT molecular complexity index is 67.3. The van der Waals surface area contributed by atoms with Gasteiger partial charge in [-0.3, -0.25) is 0 Å². The predicted octanol–water partition coefficient (Wildman–Crippen LogP) is -0.470. The summed E-state index contributed by atoms with van der Waals surface area (Å²) in [6.45, 7) is 1.86. The van der Waals surface area contributed by atoms with Crippen LogP contribution in [0.4, 0.5) is 0 Å². The van der Waals surface area contributed by atoms with E-state index < -0.39 is 0 Å². The summed E-state index contributed by atoms with van der Waals surface area (Å²) in [5.74, 6) is 0.641. The molecule has 0 rings (SSSR count). The molecule has 0 aliphatic rings. The van der Waals surface area contributed by atoms with Crippen molar-refractivity contribution in [3.63, 3.8) is 0 Å². The topological polar surface area (TPSA) is 50.1 Å². The normalized spacial score (nSPS) is 11.4. The van der Waals surface area contributed by atoms with Crippen LogP contribution in [-0.4, -0.2) is 7.05 Å². The van der Waals surface area contributed by atoms with E-state index in [1.54, 1.807) is 13.1 Å². The van der Waals surface area contributed by atoms with Gasteiger partial charge >= 0.3 is 0 Å². The van der Waals surface area contributed by atoms with Crippen molar-refractivity contribution < 1.29 is 0 Å². The summed E-state index contributed by atoms with van der Waals surface area (Å²) in [6.07, 6.45) is 1.77. The molecule has 42 valence electrons. The molecule has 0 aromatic heterocycles. The smallest absolute Gasteiger partial charge is 0.106 e. The highest BCUT2D eigenvalue weighted by atomic mass is 15.4. The molecule has 3 nitrogen and oxygen atoms in total. The van der Waals surface area contributed by atoms with Crippen molar-refractivity contribution in [1.82, 2.24) is 10.9 Å². The largest absolute Gasteiger partial charge is 0.385 e. The first-order valence-electron chi connectivity index (χ1n) is 2.15. The van der Waals surface area contributed by atoms with Crippen molar-refractivity contribution in [2.45, 2.75) is 6.92 Å². The second-order valence-electron chi connectivity index (χ2n) is 1.12. The Labute approximate surface area is 43.6 Å². The second kappa shape index (κ2) is 3.49. The van der Waals surface area contributed by atoms with E-state index in [2.05, 4.69) is 10.9 Å². The van der Waals surface area contributed by atoms with Crippen LogP contribution < -0.4 is 16.6 Å². The first-order valence-corrected chi connectivity index (χ1v) is 2.15. The number of nitrogens with one attached hydrogen (secondary N) is 2. The van der Waals surface area contributed by atoms with Crippen LogP contribution in [0.25, 0.3) is 0 Å². The van der Waals surface area contributed by atoms with Gasteiger partial charge in [0, 0.05) is 7.05 Å². The molecule has 0 saturated heterocycles. The van der Waals surface area contributed by atoms with Gasteiger partial charge in [0.1, 0.15) is 5.82 Å². The number of nitrogens with two attached hydrogens (primary N) is 1. The van der Waals surface area contributed by atoms with Crippen molar-refractivity contribution in [1.29, 1.82) is 0 Å².